The van der Waals surface area contributed by atoms with Crippen molar-refractivity contribution in [2.45, 2.75) is 33.1 Å². The lowest BCUT2D eigenvalue weighted by molar-refractivity contribution is 0.0785. The van der Waals surface area contributed by atoms with Gasteiger partial charge in [-0.1, -0.05) is 6.07 Å². The molecule has 4 rings (SSSR count). The van der Waals surface area contributed by atoms with Gasteiger partial charge in [0.15, 0.2) is 5.82 Å². The summed E-state index contributed by atoms with van der Waals surface area (Å²) in [7, 11) is 0. The number of carbonyl (C=O) groups is 1. The van der Waals surface area contributed by atoms with Crippen molar-refractivity contribution in [3.05, 3.63) is 46.7 Å². The van der Waals surface area contributed by atoms with Crippen LogP contribution in [0.2, 0.25) is 0 Å². The molecule has 1 aliphatic heterocycles. The Labute approximate surface area is 140 Å². The lowest BCUT2D eigenvalue weighted by atomic mass is 10.1. The second-order valence-electron chi connectivity index (χ2n) is 6.67. The van der Waals surface area contributed by atoms with Gasteiger partial charge in [0.1, 0.15) is 11.5 Å². The number of hydrogen-bond acceptors (Lipinski definition) is 3. The predicted molar refractivity (Wildman–Crippen MR) is 92.2 cm³/mol. The van der Waals surface area contributed by atoms with Gasteiger partial charge in [0.25, 0.3) is 5.91 Å². The molecule has 0 bridgehead atoms. The Morgan fingerprint density at radius 2 is 2.12 bits per heavy atom. The van der Waals surface area contributed by atoms with Gasteiger partial charge in [-0.15, -0.1) is 0 Å². The Morgan fingerprint density at radius 3 is 2.88 bits per heavy atom. The van der Waals surface area contributed by atoms with Crippen LogP contribution in [0, 0.1) is 20.8 Å². The van der Waals surface area contributed by atoms with E-state index in [2.05, 4.69) is 40.1 Å². The maximum atomic E-state index is 12.8. The molecule has 1 fully saturated rings. The molecule has 1 amide bonds. The Balaban J connectivity index is 1.57. The van der Waals surface area contributed by atoms with Gasteiger partial charge in [0.05, 0.1) is 0 Å². The molecule has 0 saturated carbocycles. The molecular formula is C18H21N5O. The van der Waals surface area contributed by atoms with E-state index in [4.69, 9.17) is 0 Å². The SMILES string of the molecule is Cc1nc(C2CCN(C(=O)c3cc4c(C)c(C)ccc4[nH]3)C2)n[nH]1. The number of hydrogen-bond donors (Lipinski definition) is 2. The molecule has 0 spiro atoms. The molecule has 1 saturated heterocycles. The third-order valence-corrected chi connectivity index (χ3v) is 5.03. The number of rotatable bonds is 2. The van der Waals surface area contributed by atoms with Gasteiger partial charge in [-0.2, -0.15) is 5.10 Å². The van der Waals surface area contributed by atoms with Crippen molar-refractivity contribution >= 4 is 16.8 Å². The summed E-state index contributed by atoms with van der Waals surface area (Å²) in [5.41, 5.74) is 4.13. The summed E-state index contributed by atoms with van der Waals surface area (Å²) in [5.74, 6) is 1.90. The fraction of sp³-hybridized carbons (Fsp3) is 0.389. The average Bonchev–Trinajstić information content (AvgIpc) is 3.28. The fourth-order valence-electron chi connectivity index (χ4n) is 3.44. The van der Waals surface area contributed by atoms with Crippen LogP contribution in [-0.2, 0) is 0 Å². The molecule has 1 unspecified atom stereocenters. The molecule has 1 atom stereocenters. The number of nitrogens with zero attached hydrogens (tertiary/aromatic N) is 3. The smallest absolute Gasteiger partial charge is 0.270 e. The highest BCUT2D eigenvalue weighted by Gasteiger charge is 2.30. The third kappa shape index (κ3) is 2.38. The number of aromatic nitrogens is 4. The van der Waals surface area contributed by atoms with E-state index in [0.717, 1.165) is 35.5 Å². The van der Waals surface area contributed by atoms with Crippen LogP contribution in [0.1, 0.15) is 45.6 Å². The largest absolute Gasteiger partial charge is 0.351 e. The van der Waals surface area contributed by atoms with Crippen LogP contribution >= 0.6 is 0 Å². The van der Waals surface area contributed by atoms with E-state index in [0.29, 0.717) is 12.2 Å². The van der Waals surface area contributed by atoms with Gasteiger partial charge in [-0.05, 0) is 50.5 Å². The van der Waals surface area contributed by atoms with Crippen LogP contribution in [0.4, 0.5) is 0 Å². The van der Waals surface area contributed by atoms with Gasteiger partial charge < -0.3 is 9.88 Å². The highest BCUT2D eigenvalue weighted by atomic mass is 16.2. The molecule has 0 radical (unpaired) electrons. The molecule has 0 aliphatic carbocycles. The fourth-order valence-corrected chi connectivity index (χ4v) is 3.44. The monoisotopic (exact) mass is 323 g/mol. The van der Waals surface area contributed by atoms with Crippen molar-refractivity contribution < 1.29 is 4.79 Å². The number of aromatic amines is 2. The van der Waals surface area contributed by atoms with Gasteiger partial charge in [-0.25, -0.2) is 4.98 Å². The van der Waals surface area contributed by atoms with E-state index in [-0.39, 0.29) is 11.8 Å². The van der Waals surface area contributed by atoms with Crippen LogP contribution < -0.4 is 0 Å². The first-order chi connectivity index (χ1) is 11.5. The van der Waals surface area contributed by atoms with E-state index in [9.17, 15) is 4.79 Å². The molecule has 3 heterocycles. The summed E-state index contributed by atoms with van der Waals surface area (Å²) in [4.78, 5) is 22.4. The maximum Gasteiger partial charge on any atom is 0.270 e. The summed E-state index contributed by atoms with van der Waals surface area (Å²) in [5, 5.41) is 8.24. The summed E-state index contributed by atoms with van der Waals surface area (Å²) < 4.78 is 0. The van der Waals surface area contributed by atoms with Crippen LogP contribution in [-0.4, -0.2) is 44.1 Å². The standard InChI is InChI=1S/C18H21N5O/c1-10-4-5-15-14(11(10)2)8-16(20-15)18(24)23-7-6-13(9-23)17-19-12(3)21-22-17/h4-5,8,13,20H,6-7,9H2,1-3H3,(H,19,21,22). The van der Waals surface area contributed by atoms with Crippen molar-refractivity contribution in [1.82, 2.24) is 25.1 Å². The van der Waals surface area contributed by atoms with Gasteiger partial charge in [0.2, 0.25) is 0 Å². The number of fused-ring (bicyclic) bond motifs is 1. The minimum absolute atomic E-state index is 0.0537. The zero-order valence-corrected chi connectivity index (χ0v) is 14.2. The maximum absolute atomic E-state index is 12.8. The average molecular weight is 323 g/mol. The number of aryl methyl sites for hydroxylation is 3. The van der Waals surface area contributed by atoms with Gasteiger partial charge in [-0.3, -0.25) is 9.89 Å². The van der Waals surface area contributed by atoms with Crippen LogP contribution in [0.5, 0.6) is 0 Å². The lowest BCUT2D eigenvalue weighted by Gasteiger charge is -2.14. The first kappa shape index (κ1) is 14.9. The number of nitrogens with one attached hydrogen (secondary N) is 2. The van der Waals surface area contributed by atoms with Crippen LogP contribution in [0.3, 0.4) is 0 Å². The van der Waals surface area contributed by atoms with Crippen molar-refractivity contribution in [3.63, 3.8) is 0 Å². The van der Waals surface area contributed by atoms with Crippen LogP contribution in [0.25, 0.3) is 10.9 Å². The summed E-state index contributed by atoms with van der Waals surface area (Å²) >= 11 is 0. The van der Waals surface area contributed by atoms with E-state index in [1.54, 1.807) is 0 Å². The minimum atomic E-state index is 0.0537. The lowest BCUT2D eigenvalue weighted by Crippen LogP contribution is -2.28. The first-order valence-electron chi connectivity index (χ1n) is 8.30. The number of likely N-dealkylation sites (tertiary alicyclic amines) is 1. The number of benzene rings is 1. The minimum Gasteiger partial charge on any atom is -0.351 e. The highest BCUT2D eigenvalue weighted by Crippen LogP contribution is 2.27. The summed E-state index contributed by atoms with van der Waals surface area (Å²) in [6, 6.07) is 6.10. The number of carbonyl (C=O) groups excluding carboxylic acids is 1. The topological polar surface area (TPSA) is 77.7 Å². The van der Waals surface area contributed by atoms with E-state index in [1.807, 2.05) is 24.0 Å². The van der Waals surface area contributed by atoms with Crippen molar-refractivity contribution in [2.24, 2.45) is 0 Å². The molecule has 24 heavy (non-hydrogen) atoms. The molecule has 3 aromatic rings. The third-order valence-electron chi connectivity index (χ3n) is 5.03. The second-order valence-corrected chi connectivity index (χ2v) is 6.67. The van der Waals surface area contributed by atoms with E-state index >= 15 is 0 Å². The Bertz CT molecular complexity index is 923. The Morgan fingerprint density at radius 1 is 1.29 bits per heavy atom. The Kier molecular flexibility index (Phi) is 3.40. The van der Waals surface area contributed by atoms with Crippen molar-refractivity contribution in [2.75, 3.05) is 13.1 Å². The number of H-pyrrole nitrogens is 2. The zero-order chi connectivity index (χ0) is 16.8. The van der Waals surface area contributed by atoms with Gasteiger partial charge >= 0.3 is 0 Å². The second kappa shape index (κ2) is 5.47. The quantitative estimate of drug-likeness (QED) is 0.761. The molecule has 2 N–H and O–H groups in total. The van der Waals surface area contributed by atoms with E-state index < -0.39 is 0 Å². The zero-order valence-electron chi connectivity index (χ0n) is 14.2. The summed E-state index contributed by atoms with van der Waals surface area (Å²) in [6.07, 6.45) is 0.904. The first-order valence-corrected chi connectivity index (χ1v) is 8.30. The number of amides is 1. The van der Waals surface area contributed by atoms with E-state index in [1.165, 1.54) is 11.1 Å². The molecule has 2 aromatic heterocycles. The van der Waals surface area contributed by atoms with Crippen LogP contribution in [0.15, 0.2) is 18.2 Å². The molecule has 6 heteroatoms. The van der Waals surface area contributed by atoms with Crippen molar-refractivity contribution in [1.29, 1.82) is 0 Å². The molecule has 1 aromatic carbocycles. The Hall–Kier alpha value is -2.63. The molecule has 124 valence electrons. The highest BCUT2D eigenvalue weighted by molar-refractivity contribution is 5.99. The van der Waals surface area contributed by atoms with Gasteiger partial charge in [0, 0.05) is 29.9 Å². The summed E-state index contributed by atoms with van der Waals surface area (Å²) in [6.45, 7) is 7.49. The molecule has 6 nitrogen and oxygen atoms in total. The normalized spacial score (nSPS) is 17.8. The molecular weight excluding hydrogens is 302 g/mol. The van der Waals surface area contributed by atoms with Crippen molar-refractivity contribution in [3.8, 4) is 0 Å². The molecule has 1 aliphatic rings. The predicted octanol–water partition coefficient (Wildman–Crippen LogP) is 2.84.